The summed E-state index contributed by atoms with van der Waals surface area (Å²) in [6, 6.07) is 3.84. The molecule has 1 fully saturated rings. The Bertz CT molecular complexity index is 326. The molecule has 3 nitrogen and oxygen atoms in total. The SMILES string of the molecule is C[C@@H]1C[C@]1(COc1cccnc1)N(C)C. The molecule has 0 saturated heterocycles. The topological polar surface area (TPSA) is 25.4 Å². The maximum absolute atomic E-state index is 5.76. The number of ether oxygens (including phenoxy) is 1. The first-order valence-corrected chi connectivity index (χ1v) is 5.35. The van der Waals surface area contributed by atoms with Crippen LogP contribution in [-0.2, 0) is 0 Å². The lowest BCUT2D eigenvalue weighted by Gasteiger charge is -2.25. The molecule has 1 aliphatic carbocycles. The first-order valence-electron chi connectivity index (χ1n) is 5.35. The van der Waals surface area contributed by atoms with Crippen LogP contribution < -0.4 is 4.74 Å². The first kappa shape index (κ1) is 10.4. The average molecular weight is 206 g/mol. The van der Waals surface area contributed by atoms with Gasteiger partial charge in [-0.25, -0.2) is 0 Å². The van der Waals surface area contributed by atoms with Crippen LogP contribution in [0.1, 0.15) is 13.3 Å². The minimum absolute atomic E-state index is 0.246. The fraction of sp³-hybridized carbons (Fsp3) is 0.583. The number of hydrogen-bond donors (Lipinski definition) is 0. The molecule has 0 bridgehead atoms. The van der Waals surface area contributed by atoms with Gasteiger partial charge in [0.2, 0.25) is 0 Å². The quantitative estimate of drug-likeness (QED) is 0.751. The normalized spacial score (nSPS) is 29.2. The second-order valence-corrected chi connectivity index (χ2v) is 4.58. The van der Waals surface area contributed by atoms with E-state index in [2.05, 4.69) is 30.9 Å². The summed E-state index contributed by atoms with van der Waals surface area (Å²) in [5, 5.41) is 0. The van der Waals surface area contributed by atoms with Crippen LogP contribution in [0.15, 0.2) is 24.5 Å². The van der Waals surface area contributed by atoms with Gasteiger partial charge in [-0.1, -0.05) is 6.92 Å². The van der Waals surface area contributed by atoms with Gasteiger partial charge in [0, 0.05) is 6.20 Å². The van der Waals surface area contributed by atoms with E-state index in [-0.39, 0.29) is 5.54 Å². The maximum atomic E-state index is 5.76. The third-order valence-electron chi connectivity index (χ3n) is 3.43. The lowest BCUT2D eigenvalue weighted by molar-refractivity contribution is 0.155. The maximum Gasteiger partial charge on any atom is 0.137 e. The smallest absolute Gasteiger partial charge is 0.137 e. The van der Waals surface area contributed by atoms with E-state index in [1.165, 1.54) is 6.42 Å². The molecule has 0 unspecified atom stereocenters. The highest BCUT2D eigenvalue weighted by Crippen LogP contribution is 2.47. The van der Waals surface area contributed by atoms with Crippen LogP contribution in [-0.4, -0.2) is 36.1 Å². The fourth-order valence-electron chi connectivity index (χ4n) is 2.07. The van der Waals surface area contributed by atoms with Crippen molar-refractivity contribution in [3.05, 3.63) is 24.5 Å². The van der Waals surface area contributed by atoms with E-state index < -0.39 is 0 Å². The van der Waals surface area contributed by atoms with Crippen molar-refractivity contribution in [1.82, 2.24) is 9.88 Å². The molecule has 2 rings (SSSR count). The molecule has 0 aromatic carbocycles. The Morgan fingerprint density at radius 3 is 2.80 bits per heavy atom. The molecule has 0 aliphatic heterocycles. The highest BCUT2D eigenvalue weighted by molar-refractivity contribution is 5.17. The lowest BCUT2D eigenvalue weighted by Crippen LogP contribution is -2.37. The van der Waals surface area contributed by atoms with Gasteiger partial charge in [0.05, 0.1) is 11.7 Å². The Morgan fingerprint density at radius 1 is 1.60 bits per heavy atom. The molecule has 82 valence electrons. The van der Waals surface area contributed by atoms with Crippen molar-refractivity contribution < 1.29 is 4.74 Å². The van der Waals surface area contributed by atoms with Gasteiger partial charge >= 0.3 is 0 Å². The summed E-state index contributed by atoms with van der Waals surface area (Å²) in [4.78, 5) is 6.30. The van der Waals surface area contributed by atoms with Gasteiger partial charge in [-0.3, -0.25) is 4.98 Å². The van der Waals surface area contributed by atoms with Crippen LogP contribution in [0.4, 0.5) is 0 Å². The Hall–Kier alpha value is -1.09. The fourth-order valence-corrected chi connectivity index (χ4v) is 2.07. The van der Waals surface area contributed by atoms with Gasteiger partial charge in [-0.2, -0.15) is 0 Å². The summed E-state index contributed by atoms with van der Waals surface area (Å²) in [5.41, 5.74) is 0.246. The number of hydrogen-bond acceptors (Lipinski definition) is 3. The van der Waals surface area contributed by atoms with Gasteiger partial charge in [0.25, 0.3) is 0 Å². The molecule has 0 spiro atoms. The van der Waals surface area contributed by atoms with Crippen molar-refractivity contribution in [2.45, 2.75) is 18.9 Å². The summed E-state index contributed by atoms with van der Waals surface area (Å²) >= 11 is 0. The zero-order valence-electron chi connectivity index (χ0n) is 9.60. The summed E-state index contributed by atoms with van der Waals surface area (Å²) in [6.45, 7) is 3.03. The number of aromatic nitrogens is 1. The minimum Gasteiger partial charge on any atom is -0.490 e. The molecule has 0 amide bonds. The van der Waals surface area contributed by atoms with E-state index in [4.69, 9.17) is 4.74 Å². The predicted octanol–water partition coefficient (Wildman–Crippen LogP) is 1.80. The van der Waals surface area contributed by atoms with Crippen LogP contribution in [0.2, 0.25) is 0 Å². The Labute approximate surface area is 91.1 Å². The highest BCUT2D eigenvalue weighted by Gasteiger charge is 2.53. The third-order valence-corrected chi connectivity index (χ3v) is 3.43. The zero-order chi connectivity index (χ0) is 10.9. The minimum atomic E-state index is 0.246. The molecule has 0 N–H and O–H groups in total. The summed E-state index contributed by atoms with van der Waals surface area (Å²) in [6.07, 6.45) is 4.74. The second-order valence-electron chi connectivity index (χ2n) is 4.58. The van der Waals surface area contributed by atoms with Crippen LogP contribution in [0.3, 0.4) is 0 Å². The van der Waals surface area contributed by atoms with E-state index in [1.54, 1.807) is 12.4 Å². The molecular weight excluding hydrogens is 188 g/mol. The van der Waals surface area contributed by atoms with E-state index in [1.807, 2.05) is 12.1 Å². The van der Waals surface area contributed by atoms with E-state index >= 15 is 0 Å². The molecule has 1 aromatic heterocycles. The highest BCUT2D eigenvalue weighted by atomic mass is 16.5. The molecule has 1 saturated carbocycles. The van der Waals surface area contributed by atoms with Crippen molar-refractivity contribution in [2.24, 2.45) is 5.92 Å². The van der Waals surface area contributed by atoms with E-state index in [9.17, 15) is 0 Å². The number of likely N-dealkylation sites (N-methyl/N-ethyl adjacent to an activating group) is 1. The molecule has 15 heavy (non-hydrogen) atoms. The second kappa shape index (κ2) is 3.81. The Kier molecular flexibility index (Phi) is 2.65. The number of rotatable bonds is 4. The number of pyridine rings is 1. The largest absolute Gasteiger partial charge is 0.490 e. The van der Waals surface area contributed by atoms with Crippen LogP contribution in [0, 0.1) is 5.92 Å². The number of nitrogens with zero attached hydrogens (tertiary/aromatic N) is 2. The zero-order valence-corrected chi connectivity index (χ0v) is 9.60. The third kappa shape index (κ3) is 1.97. The van der Waals surface area contributed by atoms with Gasteiger partial charge in [-0.15, -0.1) is 0 Å². The van der Waals surface area contributed by atoms with Gasteiger partial charge in [0.15, 0.2) is 0 Å². The summed E-state index contributed by atoms with van der Waals surface area (Å²) in [5.74, 6) is 1.59. The standard InChI is InChI=1S/C12H18N2O/c1-10-7-12(10,14(2)3)9-15-11-5-4-6-13-8-11/h4-6,8,10H,7,9H2,1-3H3/t10-,12-/m1/s1. The van der Waals surface area contributed by atoms with E-state index in [0.717, 1.165) is 18.3 Å². The van der Waals surface area contributed by atoms with Crippen molar-refractivity contribution >= 4 is 0 Å². The van der Waals surface area contributed by atoms with Crippen LogP contribution in [0.5, 0.6) is 5.75 Å². The molecule has 1 aliphatic rings. The van der Waals surface area contributed by atoms with Crippen molar-refractivity contribution in [3.63, 3.8) is 0 Å². The van der Waals surface area contributed by atoms with Crippen molar-refractivity contribution in [3.8, 4) is 5.75 Å². The Balaban J connectivity index is 1.94. The molecule has 3 heteroatoms. The molecule has 1 heterocycles. The first-order chi connectivity index (χ1) is 7.15. The molecule has 2 atom stereocenters. The predicted molar refractivity (Wildman–Crippen MR) is 59.9 cm³/mol. The average Bonchev–Trinajstić information content (AvgIpc) is 2.90. The molecular formula is C12H18N2O. The van der Waals surface area contributed by atoms with Crippen LogP contribution in [0.25, 0.3) is 0 Å². The van der Waals surface area contributed by atoms with Crippen molar-refractivity contribution in [1.29, 1.82) is 0 Å². The van der Waals surface area contributed by atoms with Crippen LogP contribution >= 0.6 is 0 Å². The summed E-state index contributed by atoms with van der Waals surface area (Å²) < 4.78 is 5.76. The van der Waals surface area contributed by atoms with Crippen molar-refractivity contribution in [2.75, 3.05) is 20.7 Å². The molecule has 0 radical (unpaired) electrons. The lowest BCUT2D eigenvalue weighted by atomic mass is 10.2. The van der Waals surface area contributed by atoms with Gasteiger partial charge < -0.3 is 9.64 Å². The summed E-state index contributed by atoms with van der Waals surface area (Å²) in [7, 11) is 4.24. The molecule has 1 aromatic rings. The monoisotopic (exact) mass is 206 g/mol. The Morgan fingerprint density at radius 2 is 2.33 bits per heavy atom. The van der Waals surface area contributed by atoms with E-state index in [0.29, 0.717) is 0 Å². The van der Waals surface area contributed by atoms with Gasteiger partial charge in [-0.05, 0) is 38.6 Å². The van der Waals surface area contributed by atoms with Gasteiger partial charge in [0.1, 0.15) is 12.4 Å².